The van der Waals surface area contributed by atoms with E-state index in [1.54, 1.807) is 7.11 Å². The zero-order valence-electron chi connectivity index (χ0n) is 11.7. The summed E-state index contributed by atoms with van der Waals surface area (Å²) in [5, 5.41) is 0.488. The smallest absolute Gasteiger partial charge is 0.147 e. The van der Waals surface area contributed by atoms with Crippen LogP contribution in [0.2, 0.25) is 5.15 Å². The predicted molar refractivity (Wildman–Crippen MR) is 80.4 cm³/mol. The first-order valence-corrected chi connectivity index (χ1v) is 7.81. The molecule has 106 valence electrons. The summed E-state index contributed by atoms with van der Waals surface area (Å²) in [6.07, 6.45) is 4.71. The molecule has 0 amide bonds. The maximum Gasteiger partial charge on any atom is 0.147 e. The standard InChI is InChI=1S/C14H20BrClN2O/c1-14(2)6-4-9(5-7-14)13-17-10(8-19-3)11(15)12(16)18-13/h9H,4-8H2,1-3H3. The lowest BCUT2D eigenvalue weighted by Crippen LogP contribution is -2.21. The Morgan fingerprint density at radius 3 is 2.53 bits per heavy atom. The molecule has 0 spiro atoms. The molecule has 0 radical (unpaired) electrons. The fourth-order valence-corrected chi connectivity index (χ4v) is 3.04. The molecule has 5 heteroatoms. The van der Waals surface area contributed by atoms with Gasteiger partial charge >= 0.3 is 0 Å². The van der Waals surface area contributed by atoms with Crippen molar-refractivity contribution in [1.29, 1.82) is 0 Å². The number of hydrogen-bond acceptors (Lipinski definition) is 3. The first-order valence-electron chi connectivity index (χ1n) is 6.64. The van der Waals surface area contributed by atoms with Crippen molar-refractivity contribution < 1.29 is 4.74 Å². The van der Waals surface area contributed by atoms with Crippen molar-refractivity contribution in [3.8, 4) is 0 Å². The molecule has 1 aromatic heterocycles. The van der Waals surface area contributed by atoms with Gasteiger partial charge in [-0.1, -0.05) is 25.4 Å². The number of rotatable bonds is 3. The minimum atomic E-state index is 0.425. The van der Waals surface area contributed by atoms with Gasteiger partial charge in [-0.2, -0.15) is 0 Å². The highest BCUT2D eigenvalue weighted by Crippen LogP contribution is 2.42. The summed E-state index contributed by atoms with van der Waals surface area (Å²) in [7, 11) is 1.66. The van der Waals surface area contributed by atoms with Crippen molar-refractivity contribution >= 4 is 27.5 Å². The van der Waals surface area contributed by atoms with Crippen LogP contribution in [-0.2, 0) is 11.3 Å². The van der Waals surface area contributed by atoms with Crippen LogP contribution in [0.25, 0.3) is 0 Å². The average Bonchev–Trinajstić information content (AvgIpc) is 2.35. The molecule has 3 nitrogen and oxygen atoms in total. The highest BCUT2D eigenvalue weighted by atomic mass is 79.9. The molecule has 1 aliphatic rings. The Balaban J connectivity index is 2.21. The zero-order valence-corrected chi connectivity index (χ0v) is 14.0. The largest absolute Gasteiger partial charge is 0.378 e. The first kappa shape index (κ1) is 15.2. The van der Waals surface area contributed by atoms with Gasteiger partial charge in [0.05, 0.1) is 16.8 Å². The van der Waals surface area contributed by atoms with Gasteiger partial charge in [-0.3, -0.25) is 0 Å². The van der Waals surface area contributed by atoms with Gasteiger partial charge in [0.15, 0.2) is 0 Å². The van der Waals surface area contributed by atoms with Crippen LogP contribution in [0, 0.1) is 5.41 Å². The highest BCUT2D eigenvalue weighted by molar-refractivity contribution is 9.10. The lowest BCUT2D eigenvalue weighted by molar-refractivity contribution is 0.179. The second-order valence-electron chi connectivity index (χ2n) is 6.00. The van der Waals surface area contributed by atoms with Crippen LogP contribution in [0.4, 0.5) is 0 Å². The van der Waals surface area contributed by atoms with Crippen molar-refractivity contribution in [2.45, 2.75) is 52.1 Å². The molecule has 1 saturated carbocycles. The van der Waals surface area contributed by atoms with E-state index in [0.717, 1.165) is 28.8 Å². The number of nitrogens with zero attached hydrogens (tertiary/aromatic N) is 2. The topological polar surface area (TPSA) is 35.0 Å². The summed E-state index contributed by atoms with van der Waals surface area (Å²) in [4.78, 5) is 9.07. The van der Waals surface area contributed by atoms with E-state index in [1.165, 1.54) is 12.8 Å². The predicted octanol–water partition coefficient (Wildman–Crippen LogP) is 4.72. The summed E-state index contributed by atoms with van der Waals surface area (Å²) >= 11 is 9.60. The third kappa shape index (κ3) is 3.67. The minimum absolute atomic E-state index is 0.425. The third-order valence-corrected chi connectivity index (χ3v) is 5.22. The second-order valence-corrected chi connectivity index (χ2v) is 7.16. The fourth-order valence-electron chi connectivity index (χ4n) is 2.55. The van der Waals surface area contributed by atoms with E-state index in [4.69, 9.17) is 16.3 Å². The number of hydrogen-bond donors (Lipinski definition) is 0. The van der Waals surface area contributed by atoms with E-state index in [1.807, 2.05) is 0 Å². The molecular weight excluding hydrogens is 328 g/mol. The first-order chi connectivity index (χ1) is 8.93. The molecular formula is C14H20BrClN2O. The van der Waals surface area contributed by atoms with Crippen molar-refractivity contribution in [2.75, 3.05) is 7.11 Å². The molecule has 0 aliphatic heterocycles. The third-order valence-electron chi connectivity index (χ3n) is 3.88. The van der Waals surface area contributed by atoms with Gasteiger partial charge in [0.25, 0.3) is 0 Å². The summed E-state index contributed by atoms with van der Waals surface area (Å²) in [5.41, 5.74) is 1.28. The van der Waals surface area contributed by atoms with E-state index < -0.39 is 0 Å². The molecule has 1 aromatic rings. The summed E-state index contributed by atoms with van der Waals surface area (Å²) < 4.78 is 5.91. The average molecular weight is 348 g/mol. The zero-order chi connectivity index (χ0) is 14.0. The fraction of sp³-hybridized carbons (Fsp3) is 0.714. The molecule has 0 bridgehead atoms. The quantitative estimate of drug-likeness (QED) is 0.742. The molecule has 1 heterocycles. The molecule has 0 N–H and O–H groups in total. The molecule has 1 aliphatic carbocycles. The van der Waals surface area contributed by atoms with Gasteiger partial charge < -0.3 is 4.74 Å². The Hall–Kier alpha value is -0.190. The Bertz CT molecular complexity index is 455. The van der Waals surface area contributed by atoms with Gasteiger partial charge in [0, 0.05) is 13.0 Å². The Kier molecular flexibility index (Phi) is 4.85. The number of halogens is 2. The number of ether oxygens (including phenoxy) is 1. The molecule has 0 saturated heterocycles. The molecule has 19 heavy (non-hydrogen) atoms. The van der Waals surface area contributed by atoms with Gasteiger partial charge in [-0.05, 0) is 47.0 Å². The molecule has 0 unspecified atom stereocenters. The Morgan fingerprint density at radius 2 is 1.95 bits per heavy atom. The van der Waals surface area contributed by atoms with E-state index in [0.29, 0.717) is 23.1 Å². The lowest BCUT2D eigenvalue weighted by atomic mass is 9.73. The highest BCUT2D eigenvalue weighted by Gasteiger charge is 2.29. The molecule has 0 aromatic carbocycles. The number of methoxy groups -OCH3 is 1. The summed E-state index contributed by atoms with van der Waals surface area (Å²) in [5.74, 6) is 1.30. The molecule has 1 fully saturated rings. The van der Waals surface area contributed by atoms with Crippen LogP contribution in [0.5, 0.6) is 0 Å². The van der Waals surface area contributed by atoms with Crippen LogP contribution in [0.1, 0.15) is 57.0 Å². The van der Waals surface area contributed by atoms with Gasteiger partial charge in [-0.15, -0.1) is 0 Å². The van der Waals surface area contributed by atoms with E-state index >= 15 is 0 Å². The van der Waals surface area contributed by atoms with Crippen molar-refractivity contribution in [1.82, 2.24) is 9.97 Å². The van der Waals surface area contributed by atoms with Gasteiger partial charge in [-0.25, -0.2) is 9.97 Å². The van der Waals surface area contributed by atoms with Crippen LogP contribution in [0.15, 0.2) is 4.47 Å². The van der Waals surface area contributed by atoms with Gasteiger partial charge in [0.1, 0.15) is 11.0 Å². The Morgan fingerprint density at radius 1 is 1.32 bits per heavy atom. The second kappa shape index (κ2) is 6.06. The van der Waals surface area contributed by atoms with Crippen LogP contribution in [-0.4, -0.2) is 17.1 Å². The van der Waals surface area contributed by atoms with E-state index in [2.05, 4.69) is 39.7 Å². The van der Waals surface area contributed by atoms with Crippen LogP contribution < -0.4 is 0 Å². The Labute approximate surface area is 128 Å². The molecule has 2 rings (SSSR count). The van der Waals surface area contributed by atoms with Gasteiger partial charge in [0.2, 0.25) is 0 Å². The summed E-state index contributed by atoms with van der Waals surface area (Å²) in [6.45, 7) is 5.11. The van der Waals surface area contributed by atoms with Crippen molar-refractivity contribution in [3.05, 3.63) is 21.1 Å². The van der Waals surface area contributed by atoms with Crippen molar-refractivity contribution in [3.63, 3.8) is 0 Å². The monoisotopic (exact) mass is 346 g/mol. The maximum atomic E-state index is 6.18. The van der Waals surface area contributed by atoms with E-state index in [-0.39, 0.29) is 0 Å². The number of aromatic nitrogens is 2. The molecule has 0 atom stereocenters. The lowest BCUT2D eigenvalue weighted by Gasteiger charge is -2.33. The van der Waals surface area contributed by atoms with E-state index in [9.17, 15) is 0 Å². The normalized spacial score (nSPS) is 19.6. The minimum Gasteiger partial charge on any atom is -0.378 e. The maximum absolute atomic E-state index is 6.18. The van der Waals surface area contributed by atoms with Crippen molar-refractivity contribution in [2.24, 2.45) is 5.41 Å². The summed E-state index contributed by atoms with van der Waals surface area (Å²) in [6, 6.07) is 0. The van der Waals surface area contributed by atoms with Crippen LogP contribution in [0.3, 0.4) is 0 Å². The SMILES string of the molecule is COCc1nc(C2CCC(C)(C)CC2)nc(Cl)c1Br. The van der Waals surface area contributed by atoms with Crippen LogP contribution >= 0.6 is 27.5 Å².